The summed E-state index contributed by atoms with van der Waals surface area (Å²) in [6.07, 6.45) is 4.97. The topological polar surface area (TPSA) is 0 Å². The van der Waals surface area contributed by atoms with Gasteiger partial charge < -0.3 is 0 Å². The molecule has 0 nitrogen and oxygen atoms in total. The molecule has 0 aliphatic rings. The molecular weight excluding hydrogens is 148 g/mol. The van der Waals surface area contributed by atoms with Crippen molar-refractivity contribution in [1.29, 1.82) is 0 Å². The Labute approximate surface area is 72.7 Å². The fraction of sp³-hybridized carbons (Fsp3) is 0.800. The summed E-state index contributed by atoms with van der Waals surface area (Å²) in [5, 5.41) is 0. The molecular formula is C10H22Si. The lowest BCUT2D eigenvalue weighted by atomic mass is 10.1. The zero-order valence-corrected chi connectivity index (χ0v) is 9.65. The molecule has 0 unspecified atom stereocenters. The SMILES string of the molecule is CC(C)CC/C=C\[Si](C)(C)C. The van der Waals surface area contributed by atoms with Crippen molar-refractivity contribution in [3.63, 3.8) is 0 Å². The quantitative estimate of drug-likeness (QED) is 0.562. The van der Waals surface area contributed by atoms with Crippen LogP contribution in [0.5, 0.6) is 0 Å². The van der Waals surface area contributed by atoms with E-state index in [2.05, 4.69) is 45.3 Å². The molecule has 0 amide bonds. The molecule has 11 heavy (non-hydrogen) atoms. The van der Waals surface area contributed by atoms with Crippen LogP contribution in [-0.4, -0.2) is 8.07 Å². The van der Waals surface area contributed by atoms with Crippen LogP contribution in [0.2, 0.25) is 19.6 Å². The third kappa shape index (κ3) is 9.96. The Morgan fingerprint density at radius 2 is 1.73 bits per heavy atom. The smallest absolute Gasteiger partial charge is 0.0682 e. The second-order valence-corrected chi connectivity index (χ2v) is 9.80. The summed E-state index contributed by atoms with van der Waals surface area (Å²) in [5.41, 5.74) is 2.44. The van der Waals surface area contributed by atoms with Crippen LogP contribution in [0.3, 0.4) is 0 Å². The van der Waals surface area contributed by atoms with Crippen molar-refractivity contribution in [2.75, 3.05) is 0 Å². The van der Waals surface area contributed by atoms with Gasteiger partial charge >= 0.3 is 0 Å². The van der Waals surface area contributed by atoms with Gasteiger partial charge in [-0.25, -0.2) is 0 Å². The Hall–Kier alpha value is -0.0431. The number of hydrogen-bond donors (Lipinski definition) is 0. The summed E-state index contributed by atoms with van der Waals surface area (Å²) >= 11 is 0. The van der Waals surface area contributed by atoms with E-state index in [1.807, 2.05) is 0 Å². The molecule has 0 saturated heterocycles. The molecule has 0 aliphatic heterocycles. The van der Waals surface area contributed by atoms with Crippen LogP contribution in [0, 0.1) is 5.92 Å². The largest absolute Gasteiger partial charge is 0.0989 e. The second-order valence-electron chi connectivity index (χ2n) is 4.74. The minimum atomic E-state index is -0.910. The predicted molar refractivity (Wildman–Crippen MR) is 56.6 cm³/mol. The van der Waals surface area contributed by atoms with Gasteiger partial charge in [0, 0.05) is 0 Å². The third-order valence-corrected chi connectivity index (χ3v) is 2.76. The van der Waals surface area contributed by atoms with Gasteiger partial charge in [-0.2, -0.15) is 0 Å². The van der Waals surface area contributed by atoms with E-state index in [0.29, 0.717) is 0 Å². The third-order valence-electron chi connectivity index (χ3n) is 1.53. The average molecular weight is 170 g/mol. The fourth-order valence-electron chi connectivity index (χ4n) is 0.866. The van der Waals surface area contributed by atoms with Crippen molar-refractivity contribution in [3.05, 3.63) is 11.8 Å². The Kier molecular flexibility index (Phi) is 4.74. The lowest BCUT2D eigenvalue weighted by Gasteiger charge is -2.08. The lowest BCUT2D eigenvalue weighted by molar-refractivity contribution is 0.594. The van der Waals surface area contributed by atoms with Crippen LogP contribution >= 0.6 is 0 Å². The van der Waals surface area contributed by atoms with E-state index in [0.717, 1.165) is 5.92 Å². The summed E-state index contributed by atoms with van der Waals surface area (Å²) < 4.78 is 0. The Balaban J connectivity index is 3.46. The molecule has 0 aromatic carbocycles. The molecule has 0 saturated carbocycles. The highest BCUT2D eigenvalue weighted by atomic mass is 28.3. The summed E-state index contributed by atoms with van der Waals surface area (Å²) in [4.78, 5) is 0. The molecule has 0 aromatic heterocycles. The van der Waals surface area contributed by atoms with Gasteiger partial charge in [-0.15, -0.1) is 0 Å². The highest BCUT2D eigenvalue weighted by Gasteiger charge is 2.05. The second kappa shape index (κ2) is 4.76. The first kappa shape index (κ1) is 11.0. The number of rotatable bonds is 4. The first-order chi connectivity index (χ1) is 4.92. The average Bonchev–Trinajstić information content (AvgIpc) is 1.78. The summed E-state index contributed by atoms with van der Waals surface area (Å²) in [6.45, 7) is 11.7. The molecule has 0 spiro atoms. The molecule has 0 fully saturated rings. The van der Waals surface area contributed by atoms with Crippen LogP contribution in [0.25, 0.3) is 0 Å². The maximum Gasteiger partial charge on any atom is 0.0682 e. The Bertz CT molecular complexity index is 117. The molecule has 0 atom stereocenters. The lowest BCUT2D eigenvalue weighted by Crippen LogP contribution is -2.15. The molecule has 0 N–H and O–H groups in total. The van der Waals surface area contributed by atoms with Crippen LogP contribution < -0.4 is 0 Å². The van der Waals surface area contributed by atoms with Gasteiger partial charge in [0.15, 0.2) is 0 Å². The van der Waals surface area contributed by atoms with E-state index < -0.39 is 8.07 Å². The monoisotopic (exact) mass is 170 g/mol. The molecule has 0 radical (unpaired) electrons. The number of hydrogen-bond acceptors (Lipinski definition) is 0. The van der Waals surface area contributed by atoms with Crippen molar-refractivity contribution in [2.24, 2.45) is 5.92 Å². The molecule has 0 aromatic rings. The van der Waals surface area contributed by atoms with Gasteiger partial charge in [-0.3, -0.25) is 0 Å². The van der Waals surface area contributed by atoms with Crippen molar-refractivity contribution in [1.82, 2.24) is 0 Å². The summed E-state index contributed by atoms with van der Waals surface area (Å²) in [6, 6.07) is 0. The highest BCUT2D eigenvalue weighted by molar-refractivity contribution is 6.80. The fourth-order valence-corrected chi connectivity index (χ4v) is 1.74. The van der Waals surface area contributed by atoms with E-state index >= 15 is 0 Å². The van der Waals surface area contributed by atoms with Gasteiger partial charge in [-0.05, 0) is 18.8 Å². The van der Waals surface area contributed by atoms with Gasteiger partial charge in [0.05, 0.1) is 8.07 Å². The summed E-state index contributed by atoms with van der Waals surface area (Å²) in [7, 11) is -0.910. The molecule has 0 bridgehead atoms. The first-order valence-electron chi connectivity index (χ1n) is 4.59. The van der Waals surface area contributed by atoms with Crippen molar-refractivity contribution in [2.45, 2.75) is 46.3 Å². The Morgan fingerprint density at radius 1 is 1.18 bits per heavy atom. The minimum absolute atomic E-state index is 0.848. The van der Waals surface area contributed by atoms with Crippen molar-refractivity contribution >= 4 is 8.07 Å². The van der Waals surface area contributed by atoms with Crippen molar-refractivity contribution < 1.29 is 0 Å². The standard InChI is InChI=1S/C10H22Si/c1-10(2)8-6-7-9-11(3,4)5/h7,9-10H,6,8H2,1-5H3/b9-7-. The van der Waals surface area contributed by atoms with Crippen LogP contribution in [0.1, 0.15) is 26.7 Å². The minimum Gasteiger partial charge on any atom is -0.0989 e. The molecule has 0 aliphatic carbocycles. The van der Waals surface area contributed by atoms with E-state index in [-0.39, 0.29) is 0 Å². The molecule has 0 heterocycles. The van der Waals surface area contributed by atoms with E-state index in [1.54, 1.807) is 0 Å². The van der Waals surface area contributed by atoms with Gasteiger partial charge in [0.25, 0.3) is 0 Å². The first-order valence-corrected chi connectivity index (χ1v) is 8.17. The zero-order valence-electron chi connectivity index (χ0n) is 8.65. The molecule has 1 heteroatoms. The Morgan fingerprint density at radius 3 is 2.09 bits per heavy atom. The number of allylic oxidation sites excluding steroid dienone is 1. The van der Waals surface area contributed by atoms with E-state index in [1.165, 1.54) is 12.8 Å². The maximum absolute atomic E-state index is 2.44. The summed E-state index contributed by atoms with van der Waals surface area (Å²) in [5.74, 6) is 0.848. The molecule has 66 valence electrons. The highest BCUT2D eigenvalue weighted by Crippen LogP contribution is 2.07. The van der Waals surface area contributed by atoms with Gasteiger partial charge in [0.1, 0.15) is 0 Å². The van der Waals surface area contributed by atoms with E-state index in [4.69, 9.17) is 0 Å². The van der Waals surface area contributed by atoms with Gasteiger partial charge in [0.2, 0.25) is 0 Å². The van der Waals surface area contributed by atoms with E-state index in [9.17, 15) is 0 Å². The molecule has 0 rings (SSSR count). The van der Waals surface area contributed by atoms with Crippen molar-refractivity contribution in [3.8, 4) is 0 Å². The van der Waals surface area contributed by atoms with Crippen LogP contribution in [0.15, 0.2) is 11.8 Å². The normalized spacial score (nSPS) is 13.3. The van der Waals surface area contributed by atoms with Gasteiger partial charge in [-0.1, -0.05) is 45.3 Å². The zero-order chi connectivity index (χ0) is 8.91. The van der Waals surface area contributed by atoms with Crippen LogP contribution in [0.4, 0.5) is 0 Å². The van der Waals surface area contributed by atoms with Crippen LogP contribution in [-0.2, 0) is 0 Å². The maximum atomic E-state index is 2.44. The predicted octanol–water partition coefficient (Wildman–Crippen LogP) is 3.86.